The Morgan fingerprint density at radius 1 is 1.07 bits per heavy atom. The molecular weight excluding hydrogens is 386 g/mol. The summed E-state index contributed by atoms with van der Waals surface area (Å²) in [5.74, 6) is 1.49. The first kappa shape index (κ1) is 19.5. The zero-order chi connectivity index (χ0) is 20.4. The van der Waals surface area contributed by atoms with E-state index in [4.69, 9.17) is 9.97 Å². The molecule has 3 aromatic rings. The highest BCUT2D eigenvalue weighted by molar-refractivity contribution is 7.89. The van der Waals surface area contributed by atoms with Crippen LogP contribution in [0.5, 0.6) is 0 Å². The molecule has 1 aliphatic carbocycles. The fraction of sp³-hybridized carbons (Fsp3) is 0.286. The first-order valence-electron chi connectivity index (χ1n) is 9.58. The summed E-state index contributed by atoms with van der Waals surface area (Å²) < 4.78 is 26.6. The van der Waals surface area contributed by atoms with E-state index in [1.807, 2.05) is 25.1 Å². The van der Waals surface area contributed by atoms with Crippen LogP contribution in [0.15, 0.2) is 53.7 Å². The Morgan fingerprint density at radius 3 is 2.62 bits per heavy atom. The molecule has 1 aromatic carbocycles. The van der Waals surface area contributed by atoms with Crippen LogP contribution in [0.1, 0.15) is 36.2 Å². The topological polar surface area (TPSA) is 96.9 Å². The monoisotopic (exact) mass is 409 g/mol. The standard InChI is InChI=1S/C21H23N5O2S/c1-14(16-5-3-6-17(13-16)29(27,28)22-2)24-21-18-7-4-8-19(18)25-20(26-21)15-9-11-23-12-10-15/h3,5-6,9-14,22H,4,7-8H2,1-2H3,(H,24,25,26). The molecular formula is C21H23N5O2S. The average Bonchev–Trinajstić information content (AvgIpc) is 3.23. The van der Waals surface area contributed by atoms with Crippen LogP contribution >= 0.6 is 0 Å². The number of aryl methyl sites for hydroxylation is 1. The number of sulfonamides is 1. The highest BCUT2D eigenvalue weighted by Crippen LogP contribution is 2.31. The highest BCUT2D eigenvalue weighted by Gasteiger charge is 2.22. The lowest BCUT2D eigenvalue weighted by molar-refractivity contribution is 0.588. The van der Waals surface area contributed by atoms with E-state index < -0.39 is 10.0 Å². The quantitative estimate of drug-likeness (QED) is 0.649. The minimum atomic E-state index is -3.49. The van der Waals surface area contributed by atoms with Gasteiger partial charge in [0.2, 0.25) is 10.0 Å². The van der Waals surface area contributed by atoms with E-state index in [9.17, 15) is 8.42 Å². The minimum absolute atomic E-state index is 0.119. The van der Waals surface area contributed by atoms with Crippen molar-refractivity contribution in [2.75, 3.05) is 12.4 Å². The molecule has 2 aromatic heterocycles. The van der Waals surface area contributed by atoms with Crippen LogP contribution in [0, 0.1) is 0 Å². The largest absolute Gasteiger partial charge is 0.363 e. The maximum absolute atomic E-state index is 12.1. The fourth-order valence-electron chi connectivity index (χ4n) is 3.54. The molecule has 0 spiro atoms. The molecule has 0 saturated heterocycles. The van der Waals surface area contributed by atoms with Crippen molar-refractivity contribution in [3.63, 3.8) is 0 Å². The van der Waals surface area contributed by atoms with E-state index in [0.717, 1.165) is 47.5 Å². The second kappa shape index (κ2) is 7.88. The lowest BCUT2D eigenvalue weighted by Gasteiger charge is -2.19. The Balaban J connectivity index is 1.68. The molecule has 1 unspecified atom stereocenters. The minimum Gasteiger partial charge on any atom is -0.363 e. The maximum atomic E-state index is 12.1. The van der Waals surface area contributed by atoms with Gasteiger partial charge in [0.05, 0.1) is 4.90 Å². The van der Waals surface area contributed by atoms with Gasteiger partial charge in [-0.15, -0.1) is 0 Å². The number of hydrogen-bond acceptors (Lipinski definition) is 6. The van der Waals surface area contributed by atoms with Gasteiger partial charge in [-0.25, -0.2) is 23.1 Å². The van der Waals surface area contributed by atoms with Crippen LogP contribution in [-0.2, 0) is 22.9 Å². The van der Waals surface area contributed by atoms with Crippen LogP contribution in [0.3, 0.4) is 0 Å². The van der Waals surface area contributed by atoms with Crippen molar-refractivity contribution < 1.29 is 8.42 Å². The summed E-state index contributed by atoms with van der Waals surface area (Å²) in [4.78, 5) is 13.9. The molecule has 29 heavy (non-hydrogen) atoms. The Hall–Kier alpha value is -2.84. The summed E-state index contributed by atoms with van der Waals surface area (Å²) in [5, 5.41) is 3.48. The second-order valence-corrected chi connectivity index (χ2v) is 8.94. The van der Waals surface area contributed by atoms with Crippen LogP contribution in [-0.4, -0.2) is 30.4 Å². The third-order valence-electron chi connectivity index (χ3n) is 5.16. The number of pyridine rings is 1. The van der Waals surface area contributed by atoms with Crippen LogP contribution in [0.2, 0.25) is 0 Å². The SMILES string of the molecule is CNS(=O)(=O)c1cccc(C(C)Nc2nc(-c3ccncc3)nc3c2CCC3)c1. The highest BCUT2D eigenvalue weighted by atomic mass is 32.2. The summed E-state index contributed by atoms with van der Waals surface area (Å²) in [5.41, 5.74) is 4.02. The molecule has 1 aliphatic rings. The van der Waals surface area contributed by atoms with Crippen molar-refractivity contribution in [1.29, 1.82) is 0 Å². The van der Waals surface area contributed by atoms with Crippen molar-refractivity contribution in [3.05, 3.63) is 65.6 Å². The molecule has 0 amide bonds. The van der Waals surface area contributed by atoms with E-state index in [1.54, 1.807) is 30.6 Å². The lowest BCUT2D eigenvalue weighted by atomic mass is 10.1. The van der Waals surface area contributed by atoms with E-state index in [-0.39, 0.29) is 10.9 Å². The third kappa shape index (κ3) is 3.99. The maximum Gasteiger partial charge on any atom is 0.240 e. The third-order valence-corrected chi connectivity index (χ3v) is 6.57. The molecule has 0 aliphatic heterocycles. The normalized spacial score (nSPS) is 14.4. The van der Waals surface area contributed by atoms with Crippen molar-refractivity contribution in [2.24, 2.45) is 0 Å². The zero-order valence-corrected chi connectivity index (χ0v) is 17.2. The van der Waals surface area contributed by atoms with Gasteiger partial charge in [0.25, 0.3) is 0 Å². The molecule has 0 saturated carbocycles. The van der Waals surface area contributed by atoms with Gasteiger partial charge in [-0.1, -0.05) is 12.1 Å². The molecule has 2 heterocycles. The van der Waals surface area contributed by atoms with Gasteiger partial charge in [0.1, 0.15) is 5.82 Å². The van der Waals surface area contributed by atoms with E-state index in [1.165, 1.54) is 7.05 Å². The predicted molar refractivity (Wildman–Crippen MR) is 112 cm³/mol. The molecule has 2 N–H and O–H groups in total. The fourth-order valence-corrected chi connectivity index (χ4v) is 4.32. The van der Waals surface area contributed by atoms with Gasteiger partial charge >= 0.3 is 0 Å². The van der Waals surface area contributed by atoms with Gasteiger partial charge in [-0.2, -0.15) is 0 Å². The number of benzene rings is 1. The first-order valence-corrected chi connectivity index (χ1v) is 11.1. The number of nitrogens with one attached hydrogen (secondary N) is 2. The Morgan fingerprint density at radius 2 is 1.86 bits per heavy atom. The summed E-state index contributed by atoms with van der Waals surface area (Å²) in [6.45, 7) is 2.00. The summed E-state index contributed by atoms with van der Waals surface area (Å²) in [7, 11) is -2.08. The number of anilines is 1. The van der Waals surface area contributed by atoms with Gasteiger partial charge < -0.3 is 5.32 Å². The molecule has 4 rings (SSSR count). The second-order valence-electron chi connectivity index (χ2n) is 7.06. The number of rotatable bonds is 6. The van der Waals surface area contributed by atoms with Gasteiger partial charge in [0.15, 0.2) is 5.82 Å². The molecule has 0 radical (unpaired) electrons. The van der Waals surface area contributed by atoms with Crippen LogP contribution < -0.4 is 10.0 Å². The zero-order valence-electron chi connectivity index (χ0n) is 16.4. The Bertz CT molecular complexity index is 1130. The van der Waals surface area contributed by atoms with Crippen LogP contribution in [0.25, 0.3) is 11.4 Å². The number of hydrogen-bond donors (Lipinski definition) is 2. The van der Waals surface area contributed by atoms with E-state index in [0.29, 0.717) is 5.82 Å². The van der Waals surface area contributed by atoms with Crippen molar-refractivity contribution in [1.82, 2.24) is 19.7 Å². The first-order chi connectivity index (χ1) is 14.0. The Labute approximate surface area is 170 Å². The molecule has 8 heteroatoms. The smallest absolute Gasteiger partial charge is 0.240 e. The number of nitrogens with zero attached hydrogens (tertiary/aromatic N) is 3. The van der Waals surface area contributed by atoms with Crippen LogP contribution in [0.4, 0.5) is 5.82 Å². The molecule has 0 bridgehead atoms. The van der Waals surface area contributed by atoms with E-state index >= 15 is 0 Å². The molecule has 7 nitrogen and oxygen atoms in total. The predicted octanol–water partition coefficient (Wildman–Crippen LogP) is 3.11. The molecule has 0 fully saturated rings. The molecule has 150 valence electrons. The van der Waals surface area contributed by atoms with Crippen molar-refractivity contribution in [2.45, 2.75) is 37.1 Å². The van der Waals surface area contributed by atoms with E-state index in [2.05, 4.69) is 15.0 Å². The van der Waals surface area contributed by atoms with Gasteiger partial charge in [0, 0.05) is 35.3 Å². The lowest BCUT2D eigenvalue weighted by Crippen LogP contribution is -2.19. The summed E-state index contributed by atoms with van der Waals surface area (Å²) >= 11 is 0. The average molecular weight is 410 g/mol. The van der Waals surface area contributed by atoms with Crippen molar-refractivity contribution in [3.8, 4) is 11.4 Å². The molecule has 1 atom stereocenters. The summed E-state index contributed by atoms with van der Waals surface area (Å²) in [6, 6.07) is 10.6. The van der Waals surface area contributed by atoms with Crippen molar-refractivity contribution >= 4 is 15.8 Å². The van der Waals surface area contributed by atoms with Gasteiger partial charge in [-0.3, -0.25) is 4.98 Å². The Kier molecular flexibility index (Phi) is 5.29. The summed E-state index contributed by atoms with van der Waals surface area (Å²) in [6.07, 6.45) is 6.40. The number of fused-ring (bicyclic) bond motifs is 1. The number of aromatic nitrogens is 3. The van der Waals surface area contributed by atoms with Gasteiger partial charge in [-0.05, 0) is 63.1 Å².